The van der Waals surface area contributed by atoms with E-state index in [0.29, 0.717) is 18.6 Å². The molecule has 0 spiro atoms. The summed E-state index contributed by atoms with van der Waals surface area (Å²) in [5, 5.41) is 0. The summed E-state index contributed by atoms with van der Waals surface area (Å²) in [5.74, 6) is -0.580. The Balaban J connectivity index is 2.56. The number of ether oxygens (including phenoxy) is 2. The molecule has 1 rings (SSSR count). The number of hydrogen-bond acceptors (Lipinski definition) is 4. The van der Waals surface area contributed by atoms with Gasteiger partial charge in [-0.2, -0.15) is 0 Å². The van der Waals surface area contributed by atoms with Gasteiger partial charge in [-0.25, -0.2) is 4.79 Å². The van der Waals surface area contributed by atoms with E-state index < -0.39 is 0 Å². The summed E-state index contributed by atoms with van der Waals surface area (Å²) in [7, 11) is 0. The molecule has 4 heteroatoms. The minimum Gasteiger partial charge on any atom is -0.462 e. The molecular formula is C13H16O4. The van der Waals surface area contributed by atoms with Gasteiger partial charge < -0.3 is 9.47 Å². The smallest absolute Gasteiger partial charge is 0.338 e. The predicted molar refractivity (Wildman–Crippen MR) is 62.5 cm³/mol. The first-order chi connectivity index (χ1) is 8.17. The Bertz CT molecular complexity index is 381. The Kier molecular flexibility index (Phi) is 5.20. The quantitative estimate of drug-likeness (QED) is 0.736. The van der Waals surface area contributed by atoms with Gasteiger partial charge >= 0.3 is 11.9 Å². The molecule has 0 bridgehead atoms. The second-order valence-electron chi connectivity index (χ2n) is 3.43. The van der Waals surface area contributed by atoms with E-state index in [1.807, 2.05) is 0 Å². The molecule has 0 aliphatic heterocycles. The monoisotopic (exact) mass is 236 g/mol. The Labute approximate surface area is 101 Å². The van der Waals surface area contributed by atoms with Crippen LogP contribution in [0.1, 0.15) is 36.2 Å². The zero-order valence-corrected chi connectivity index (χ0v) is 10.1. The number of rotatable bonds is 5. The molecule has 0 N–H and O–H groups in total. The van der Waals surface area contributed by atoms with Crippen molar-refractivity contribution in [3.05, 3.63) is 35.4 Å². The van der Waals surface area contributed by atoms with Crippen LogP contribution in [0.15, 0.2) is 24.3 Å². The van der Waals surface area contributed by atoms with Crippen molar-refractivity contribution in [2.24, 2.45) is 0 Å². The highest BCUT2D eigenvalue weighted by Gasteiger charge is 2.06. The zero-order valence-electron chi connectivity index (χ0n) is 10.1. The van der Waals surface area contributed by atoms with Crippen LogP contribution < -0.4 is 0 Å². The first kappa shape index (κ1) is 13.2. The number of esters is 2. The van der Waals surface area contributed by atoms with Crippen molar-refractivity contribution in [1.82, 2.24) is 0 Å². The van der Waals surface area contributed by atoms with Crippen LogP contribution in [0.25, 0.3) is 0 Å². The third kappa shape index (κ3) is 4.26. The largest absolute Gasteiger partial charge is 0.462 e. The van der Waals surface area contributed by atoms with Crippen molar-refractivity contribution >= 4 is 11.9 Å². The standard InChI is InChI=1S/C13H16O4/c1-3-12(14)17-9-10-5-7-11(8-6-10)13(15)16-4-2/h5-8H,3-4,9H2,1-2H3. The van der Waals surface area contributed by atoms with Crippen molar-refractivity contribution in [2.75, 3.05) is 6.61 Å². The lowest BCUT2D eigenvalue weighted by atomic mass is 10.1. The van der Waals surface area contributed by atoms with Gasteiger partial charge in [0.15, 0.2) is 0 Å². The van der Waals surface area contributed by atoms with Gasteiger partial charge in [0.25, 0.3) is 0 Å². The van der Waals surface area contributed by atoms with E-state index in [1.165, 1.54) is 0 Å². The van der Waals surface area contributed by atoms with Gasteiger partial charge in [0.2, 0.25) is 0 Å². The maximum Gasteiger partial charge on any atom is 0.338 e. The van der Waals surface area contributed by atoms with E-state index in [4.69, 9.17) is 9.47 Å². The van der Waals surface area contributed by atoms with Crippen LogP contribution in [0.2, 0.25) is 0 Å². The lowest BCUT2D eigenvalue weighted by molar-refractivity contribution is -0.144. The average molecular weight is 236 g/mol. The van der Waals surface area contributed by atoms with Crippen molar-refractivity contribution in [3.8, 4) is 0 Å². The molecule has 0 saturated heterocycles. The van der Waals surface area contributed by atoms with Crippen LogP contribution in [-0.4, -0.2) is 18.5 Å². The van der Waals surface area contributed by atoms with Gasteiger partial charge in [-0.05, 0) is 24.6 Å². The van der Waals surface area contributed by atoms with Crippen molar-refractivity contribution in [2.45, 2.75) is 26.9 Å². The molecule has 0 aromatic heterocycles. The summed E-state index contributed by atoms with van der Waals surface area (Å²) >= 11 is 0. The summed E-state index contributed by atoms with van der Waals surface area (Å²) < 4.78 is 9.83. The number of carbonyl (C=O) groups is 2. The van der Waals surface area contributed by atoms with Gasteiger partial charge in [0.05, 0.1) is 12.2 Å². The summed E-state index contributed by atoms with van der Waals surface area (Å²) in [6.45, 7) is 4.09. The average Bonchev–Trinajstić information content (AvgIpc) is 2.36. The molecule has 92 valence electrons. The van der Waals surface area contributed by atoms with Crippen molar-refractivity contribution < 1.29 is 19.1 Å². The summed E-state index contributed by atoms with van der Waals surface area (Å²) in [6, 6.07) is 6.81. The van der Waals surface area contributed by atoms with E-state index in [1.54, 1.807) is 38.1 Å². The maximum absolute atomic E-state index is 11.4. The van der Waals surface area contributed by atoms with E-state index >= 15 is 0 Å². The van der Waals surface area contributed by atoms with Gasteiger partial charge in [-0.1, -0.05) is 19.1 Å². The molecule has 0 unspecified atom stereocenters. The molecule has 0 aliphatic rings. The molecule has 1 aromatic rings. The van der Waals surface area contributed by atoms with Crippen LogP contribution in [-0.2, 0) is 20.9 Å². The first-order valence-electron chi connectivity index (χ1n) is 5.59. The summed E-state index contributed by atoms with van der Waals surface area (Å²) in [6.07, 6.45) is 0.362. The fourth-order valence-electron chi connectivity index (χ4n) is 1.22. The van der Waals surface area contributed by atoms with E-state index in [0.717, 1.165) is 5.56 Å². The number of hydrogen-bond donors (Lipinski definition) is 0. The molecule has 17 heavy (non-hydrogen) atoms. The van der Waals surface area contributed by atoms with Gasteiger partial charge in [0, 0.05) is 6.42 Å². The molecule has 0 fully saturated rings. The molecule has 0 saturated carbocycles. The Morgan fingerprint density at radius 1 is 1.06 bits per heavy atom. The molecule has 1 aromatic carbocycles. The third-order valence-electron chi connectivity index (χ3n) is 2.15. The molecule has 4 nitrogen and oxygen atoms in total. The fourth-order valence-corrected chi connectivity index (χ4v) is 1.22. The predicted octanol–water partition coefficient (Wildman–Crippen LogP) is 2.32. The van der Waals surface area contributed by atoms with E-state index in [2.05, 4.69) is 0 Å². The molecule has 0 heterocycles. The minimum absolute atomic E-state index is 0.232. The Hall–Kier alpha value is -1.84. The normalized spacial score (nSPS) is 9.76. The number of benzene rings is 1. The van der Waals surface area contributed by atoms with E-state index in [-0.39, 0.29) is 18.5 Å². The highest BCUT2D eigenvalue weighted by atomic mass is 16.5. The first-order valence-corrected chi connectivity index (χ1v) is 5.59. The van der Waals surface area contributed by atoms with Gasteiger partial charge in [-0.3, -0.25) is 4.79 Å². The summed E-state index contributed by atoms with van der Waals surface area (Å²) in [4.78, 5) is 22.3. The van der Waals surface area contributed by atoms with E-state index in [9.17, 15) is 9.59 Å². The highest BCUT2D eigenvalue weighted by Crippen LogP contribution is 2.07. The third-order valence-corrected chi connectivity index (χ3v) is 2.15. The zero-order chi connectivity index (χ0) is 12.7. The maximum atomic E-state index is 11.4. The van der Waals surface area contributed by atoms with Crippen LogP contribution in [0.3, 0.4) is 0 Å². The van der Waals surface area contributed by atoms with Crippen LogP contribution >= 0.6 is 0 Å². The van der Waals surface area contributed by atoms with Crippen molar-refractivity contribution in [3.63, 3.8) is 0 Å². The SMILES string of the molecule is CCOC(=O)c1ccc(COC(=O)CC)cc1. The number of carbonyl (C=O) groups excluding carboxylic acids is 2. The molecule has 0 radical (unpaired) electrons. The van der Waals surface area contributed by atoms with Crippen molar-refractivity contribution in [1.29, 1.82) is 0 Å². The molecule has 0 amide bonds. The molecule has 0 aliphatic carbocycles. The lowest BCUT2D eigenvalue weighted by Crippen LogP contribution is -2.05. The molecular weight excluding hydrogens is 220 g/mol. The summed E-state index contributed by atoms with van der Waals surface area (Å²) in [5.41, 5.74) is 1.34. The topological polar surface area (TPSA) is 52.6 Å². The Morgan fingerprint density at radius 3 is 2.24 bits per heavy atom. The second-order valence-corrected chi connectivity index (χ2v) is 3.43. The van der Waals surface area contributed by atoms with Gasteiger partial charge in [0.1, 0.15) is 6.61 Å². The Morgan fingerprint density at radius 2 is 1.71 bits per heavy atom. The molecule has 0 atom stereocenters. The lowest BCUT2D eigenvalue weighted by Gasteiger charge is -2.05. The van der Waals surface area contributed by atoms with Gasteiger partial charge in [-0.15, -0.1) is 0 Å². The van der Waals surface area contributed by atoms with Crippen LogP contribution in [0.4, 0.5) is 0 Å². The highest BCUT2D eigenvalue weighted by molar-refractivity contribution is 5.89. The van der Waals surface area contributed by atoms with Crippen LogP contribution in [0, 0.1) is 0 Å². The fraction of sp³-hybridized carbons (Fsp3) is 0.385. The van der Waals surface area contributed by atoms with Crippen LogP contribution in [0.5, 0.6) is 0 Å². The minimum atomic E-state index is -0.343. The second kappa shape index (κ2) is 6.68.